The Morgan fingerprint density at radius 2 is 1.87 bits per heavy atom. The molecule has 0 radical (unpaired) electrons. The molecule has 4 rings (SSSR count). The Morgan fingerprint density at radius 1 is 1.13 bits per heavy atom. The Hall–Kier alpha value is -2.08. The van der Waals surface area contributed by atoms with Crippen molar-refractivity contribution in [2.45, 2.75) is 18.9 Å². The van der Waals surface area contributed by atoms with E-state index >= 15 is 0 Å². The molecule has 3 heterocycles. The van der Waals surface area contributed by atoms with E-state index in [4.69, 9.17) is 4.74 Å². The predicted octanol–water partition coefficient (Wildman–Crippen LogP) is 1.56. The highest BCUT2D eigenvalue weighted by atomic mass is 16.5. The average Bonchev–Trinajstić information content (AvgIpc) is 2.82. The fourth-order valence-electron chi connectivity index (χ4n) is 3.69. The van der Waals surface area contributed by atoms with E-state index in [2.05, 4.69) is 11.9 Å². The molecule has 3 fully saturated rings. The molecule has 1 N–H and O–H groups in total. The van der Waals surface area contributed by atoms with Crippen molar-refractivity contribution in [2.75, 3.05) is 33.8 Å². The molecule has 3 aliphatic heterocycles. The lowest BCUT2D eigenvalue weighted by molar-refractivity contribution is 0.0586. The zero-order chi connectivity index (χ0) is 16.6. The van der Waals surface area contributed by atoms with Crippen LogP contribution in [0, 0.1) is 5.92 Å². The number of hydrogen-bond donors (Lipinski definition) is 1. The van der Waals surface area contributed by atoms with Crippen LogP contribution in [-0.4, -0.2) is 66.6 Å². The van der Waals surface area contributed by atoms with Crippen molar-refractivity contribution in [3.8, 4) is 5.75 Å². The van der Waals surface area contributed by atoms with Gasteiger partial charge in [-0.15, -0.1) is 0 Å². The number of carbonyl (C=O) groups is 2. The second-order valence-corrected chi connectivity index (χ2v) is 6.53. The second kappa shape index (κ2) is 6.20. The first kappa shape index (κ1) is 15.8. The lowest BCUT2D eigenvalue weighted by Gasteiger charge is -2.36. The summed E-state index contributed by atoms with van der Waals surface area (Å²) in [5.74, 6) is -0.274. The van der Waals surface area contributed by atoms with Crippen LogP contribution in [0.5, 0.6) is 5.75 Å². The highest BCUT2D eigenvalue weighted by Crippen LogP contribution is 2.29. The first-order valence-electron chi connectivity index (χ1n) is 7.90. The largest absolute Gasteiger partial charge is 0.497 e. The van der Waals surface area contributed by atoms with E-state index in [1.165, 1.54) is 19.2 Å². The summed E-state index contributed by atoms with van der Waals surface area (Å²) >= 11 is 0. The standard InChI is InChI=1S/C17H22N2O4/c1-18-8-11-3-4-14(10-18)19(9-11)16(20)12-5-13(17(21)22)7-15(6-12)23-2/h5-7,11,14H,3-4,8-10H2,1-2H3,(H,21,22)/t11-,14+/m1/s1. The summed E-state index contributed by atoms with van der Waals surface area (Å²) in [5.41, 5.74) is 0.460. The zero-order valence-corrected chi connectivity index (χ0v) is 13.5. The Labute approximate surface area is 135 Å². The summed E-state index contributed by atoms with van der Waals surface area (Å²) < 4.78 is 5.14. The Morgan fingerprint density at radius 3 is 2.57 bits per heavy atom. The molecule has 0 aliphatic carbocycles. The Balaban J connectivity index is 1.91. The number of amides is 1. The van der Waals surface area contributed by atoms with Crippen LogP contribution in [0.1, 0.15) is 33.6 Å². The third kappa shape index (κ3) is 3.17. The molecule has 124 valence electrons. The molecule has 23 heavy (non-hydrogen) atoms. The van der Waals surface area contributed by atoms with Gasteiger partial charge in [0.25, 0.3) is 5.91 Å². The molecule has 0 saturated carbocycles. The third-order valence-corrected chi connectivity index (χ3v) is 4.79. The number of methoxy groups -OCH3 is 1. The number of piperidine rings is 1. The van der Waals surface area contributed by atoms with Crippen LogP contribution in [-0.2, 0) is 0 Å². The normalized spacial score (nSPS) is 24.3. The molecule has 0 spiro atoms. The zero-order valence-electron chi connectivity index (χ0n) is 13.5. The van der Waals surface area contributed by atoms with Crippen molar-refractivity contribution in [3.63, 3.8) is 0 Å². The molecule has 1 aromatic rings. The molecule has 6 heteroatoms. The van der Waals surface area contributed by atoms with Gasteiger partial charge in [-0.25, -0.2) is 4.79 Å². The van der Waals surface area contributed by atoms with E-state index in [9.17, 15) is 14.7 Å². The van der Waals surface area contributed by atoms with Crippen LogP contribution in [0.2, 0.25) is 0 Å². The fourth-order valence-corrected chi connectivity index (χ4v) is 3.69. The highest BCUT2D eigenvalue weighted by Gasteiger charge is 2.36. The summed E-state index contributed by atoms with van der Waals surface area (Å²) in [7, 11) is 3.56. The number of carboxylic acids is 1. The van der Waals surface area contributed by atoms with Crippen molar-refractivity contribution >= 4 is 11.9 Å². The van der Waals surface area contributed by atoms with Crippen LogP contribution in [0.15, 0.2) is 18.2 Å². The number of hydrogen-bond acceptors (Lipinski definition) is 4. The number of aromatic carboxylic acids is 1. The van der Waals surface area contributed by atoms with Crippen molar-refractivity contribution in [1.82, 2.24) is 9.80 Å². The first-order chi connectivity index (χ1) is 11.0. The highest BCUT2D eigenvalue weighted by molar-refractivity contribution is 5.98. The molecular weight excluding hydrogens is 296 g/mol. The molecule has 1 aromatic carbocycles. The molecule has 0 aromatic heterocycles. The van der Waals surface area contributed by atoms with Gasteiger partial charge >= 0.3 is 5.97 Å². The van der Waals surface area contributed by atoms with Gasteiger partial charge in [-0.05, 0) is 44.0 Å². The summed E-state index contributed by atoms with van der Waals surface area (Å²) in [6.45, 7) is 2.63. The van der Waals surface area contributed by atoms with E-state index in [0.717, 1.165) is 32.5 Å². The second-order valence-electron chi connectivity index (χ2n) is 6.53. The average molecular weight is 318 g/mol. The Bertz CT molecular complexity index is 631. The number of benzene rings is 1. The summed E-state index contributed by atoms with van der Waals surface area (Å²) in [6, 6.07) is 4.69. The molecule has 0 unspecified atom stereocenters. The predicted molar refractivity (Wildman–Crippen MR) is 85.0 cm³/mol. The van der Waals surface area contributed by atoms with E-state index in [1.807, 2.05) is 4.90 Å². The minimum atomic E-state index is -1.06. The maximum absolute atomic E-state index is 13.0. The topological polar surface area (TPSA) is 70.1 Å². The van der Waals surface area contributed by atoms with E-state index < -0.39 is 5.97 Å². The monoisotopic (exact) mass is 318 g/mol. The van der Waals surface area contributed by atoms with E-state index in [1.54, 1.807) is 6.07 Å². The maximum atomic E-state index is 13.0. The quantitative estimate of drug-likeness (QED) is 0.916. The van der Waals surface area contributed by atoms with Crippen LogP contribution in [0.3, 0.4) is 0 Å². The number of carbonyl (C=O) groups excluding carboxylic acids is 1. The van der Waals surface area contributed by atoms with Crippen LogP contribution in [0.4, 0.5) is 0 Å². The molecule has 3 aliphatic rings. The van der Waals surface area contributed by atoms with Crippen LogP contribution >= 0.6 is 0 Å². The number of carboxylic acid groups (broad SMARTS) is 1. The van der Waals surface area contributed by atoms with Gasteiger partial charge < -0.3 is 19.6 Å². The lowest BCUT2D eigenvalue weighted by Crippen LogP contribution is -2.47. The number of likely N-dealkylation sites (N-methyl/N-ethyl adjacent to an activating group) is 1. The van der Waals surface area contributed by atoms with Gasteiger partial charge in [-0.2, -0.15) is 0 Å². The van der Waals surface area contributed by atoms with Gasteiger partial charge in [0.15, 0.2) is 0 Å². The summed E-state index contributed by atoms with van der Waals surface area (Å²) in [4.78, 5) is 28.4. The van der Waals surface area contributed by atoms with E-state index in [0.29, 0.717) is 17.2 Å². The lowest BCUT2D eigenvalue weighted by atomic mass is 9.94. The number of nitrogens with zero attached hydrogens (tertiary/aromatic N) is 2. The number of ether oxygens (including phenoxy) is 1. The van der Waals surface area contributed by atoms with Gasteiger partial charge in [0, 0.05) is 31.2 Å². The third-order valence-electron chi connectivity index (χ3n) is 4.79. The van der Waals surface area contributed by atoms with Crippen molar-refractivity contribution in [3.05, 3.63) is 29.3 Å². The molecule has 1 amide bonds. The Kier molecular flexibility index (Phi) is 4.26. The van der Waals surface area contributed by atoms with Gasteiger partial charge in [0.2, 0.25) is 0 Å². The van der Waals surface area contributed by atoms with E-state index in [-0.39, 0.29) is 17.5 Å². The van der Waals surface area contributed by atoms with Crippen molar-refractivity contribution in [2.24, 2.45) is 5.92 Å². The molecule has 2 bridgehead atoms. The van der Waals surface area contributed by atoms with Crippen molar-refractivity contribution < 1.29 is 19.4 Å². The molecule has 6 nitrogen and oxygen atoms in total. The molecule has 2 atom stereocenters. The summed E-state index contributed by atoms with van der Waals surface area (Å²) in [6.07, 6.45) is 2.16. The number of fused-ring (bicyclic) bond motifs is 4. The minimum Gasteiger partial charge on any atom is -0.497 e. The van der Waals surface area contributed by atoms with Gasteiger partial charge in [0.1, 0.15) is 5.75 Å². The first-order valence-corrected chi connectivity index (χ1v) is 7.90. The molecule has 3 saturated heterocycles. The number of rotatable bonds is 3. The van der Waals surface area contributed by atoms with Crippen LogP contribution in [0.25, 0.3) is 0 Å². The summed E-state index contributed by atoms with van der Waals surface area (Å²) in [5, 5.41) is 9.22. The van der Waals surface area contributed by atoms with Gasteiger partial charge in [0.05, 0.1) is 12.7 Å². The SMILES string of the molecule is COc1cc(C(=O)O)cc(C(=O)N2C[C@@H]3CC[C@H]2CN(C)C3)c1. The smallest absolute Gasteiger partial charge is 0.335 e. The van der Waals surface area contributed by atoms with Gasteiger partial charge in [-0.1, -0.05) is 0 Å². The van der Waals surface area contributed by atoms with Crippen LogP contribution < -0.4 is 4.74 Å². The fraction of sp³-hybridized carbons (Fsp3) is 0.529. The maximum Gasteiger partial charge on any atom is 0.335 e. The van der Waals surface area contributed by atoms with Gasteiger partial charge in [-0.3, -0.25) is 4.79 Å². The minimum absolute atomic E-state index is 0.0739. The molecular formula is C17H22N2O4. The van der Waals surface area contributed by atoms with Crippen molar-refractivity contribution in [1.29, 1.82) is 0 Å².